The lowest BCUT2D eigenvalue weighted by Gasteiger charge is -2.05. The molecule has 6 heteroatoms. The van der Waals surface area contributed by atoms with E-state index >= 15 is 0 Å². The van der Waals surface area contributed by atoms with Crippen LogP contribution < -0.4 is 16.6 Å². The molecule has 14 heavy (non-hydrogen) atoms. The number of hydrogen-bond donors (Lipinski definition) is 3. The third-order valence-corrected chi connectivity index (χ3v) is 1.96. The fourth-order valence-corrected chi connectivity index (χ4v) is 1.03. The number of hydrazine groups is 1. The molecule has 0 amide bonds. The number of carbonyl (C=O) groups is 1. The molecule has 0 saturated carbocycles. The Morgan fingerprint density at radius 2 is 2.14 bits per heavy atom. The Hall–Kier alpha value is -0.880. The van der Waals surface area contributed by atoms with Gasteiger partial charge in [0.15, 0.2) is 5.11 Å². The van der Waals surface area contributed by atoms with Crippen LogP contribution in [-0.4, -0.2) is 24.7 Å². The van der Waals surface area contributed by atoms with Gasteiger partial charge in [-0.1, -0.05) is 6.42 Å². The van der Waals surface area contributed by atoms with E-state index in [1.807, 2.05) is 0 Å². The maximum absolute atomic E-state index is 10.7. The second kappa shape index (κ2) is 8.71. The number of methoxy groups -OCH3 is 1. The summed E-state index contributed by atoms with van der Waals surface area (Å²) in [7, 11) is 1.40. The van der Waals surface area contributed by atoms with Gasteiger partial charge in [0.25, 0.3) is 0 Å². The number of nitrogens with one attached hydrogen (secondary N) is 2. The molecular weight excluding hydrogens is 202 g/mol. The first-order valence-electron chi connectivity index (χ1n) is 4.52. The van der Waals surface area contributed by atoms with E-state index in [4.69, 9.17) is 18.1 Å². The van der Waals surface area contributed by atoms with Gasteiger partial charge < -0.3 is 15.5 Å². The highest BCUT2D eigenvalue weighted by molar-refractivity contribution is 7.80. The van der Waals surface area contributed by atoms with Crippen LogP contribution in [0.4, 0.5) is 0 Å². The topological polar surface area (TPSA) is 76.4 Å². The predicted octanol–water partition coefficient (Wildman–Crippen LogP) is 0.0576. The zero-order valence-electron chi connectivity index (χ0n) is 8.34. The van der Waals surface area contributed by atoms with E-state index in [9.17, 15) is 4.79 Å². The average Bonchev–Trinajstić information content (AvgIpc) is 2.22. The van der Waals surface area contributed by atoms with Crippen molar-refractivity contribution >= 4 is 23.3 Å². The smallest absolute Gasteiger partial charge is 0.305 e. The highest BCUT2D eigenvalue weighted by Gasteiger charge is 1.98. The molecule has 0 spiro atoms. The Balaban J connectivity index is 3.14. The van der Waals surface area contributed by atoms with Crippen molar-refractivity contribution < 1.29 is 9.53 Å². The van der Waals surface area contributed by atoms with Gasteiger partial charge in [-0.05, 0) is 25.1 Å². The van der Waals surface area contributed by atoms with Crippen LogP contribution in [0.2, 0.25) is 0 Å². The maximum atomic E-state index is 10.7. The SMILES string of the molecule is COC(=O)CCCCCNC(=S)NN. The highest BCUT2D eigenvalue weighted by Crippen LogP contribution is 1.99. The summed E-state index contributed by atoms with van der Waals surface area (Å²) in [6.45, 7) is 0.768. The molecule has 0 heterocycles. The van der Waals surface area contributed by atoms with Gasteiger partial charge in [-0.25, -0.2) is 5.84 Å². The van der Waals surface area contributed by atoms with Crippen LogP contribution in [0.1, 0.15) is 25.7 Å². The van der Waals surface area contributed by atoms with Crippen LogP contribution in [-0.2, 0) is 9.53 Å². The van der Waals surface area contributed by atoms with Crippen molar-refractivity contribution in [3.63, 3.8) is 0 Å². The summed E-state index contributed by atoms with van der Waals surface area (Å²) in [4.78, 5) is 10.7. The van der Waals surface area contributed by atoms with Gasteiger partial charge in [-0.3, -0.25) is 4.79 Å². The van der Waals surface area contributed by atoms with Gasteiger partial charge in [0.05, 0.1) is 7.11 Å². The minimum Gasteiger partial charge on any atom is -0.469 e. The minimum absolute atomic E-state index is 0.155. The summed E-state index contributed by atoms with van der Waals surface area (Å²) in [6, 6.07) is 0. The lowest BCUT2D eigenvalue weighted by Crippen LogP contribution is -2.39. The number of nitrogens with two attached hydrogens (primary N) is 1. The largest absolute Gasteiger partial charge is 0.469 e. The standard InChI is InChI=1S/C8H17N3O2S/c1-13-7(12)5-3-2-4-6-10-8(14)11-9/h2-6,9H2,1H3,(H2,10,11,14). The van der Waals surface area contributed by atoms with Crippen molar-refractivity contribution in [1.29, 1.82) is 0 Å². The van der Waals surface area contributed by atoms with E-state index in [-0.39, 0.29) is 5.97 Å². The molecule has 0 aromatic rings. The molecule has 0 unspecified atom stereocenters. The van der Waals surface area contributed by atoms with Crippen LogP contribution in [0.25, 0.3) is 0 Å². The molecule has 4 N–H and O–H groups in total. The fraction of sp³-hybridized carbons (Fsp3) is 0.750. The number of unbranched alkanes of at least 4 members (excludes halogenated alkanes) is 2. The number of rotatable bonds is 6. The van der Waals surface area contributed by atoms with Crippen molar-refractivity contribution in [2.24, 2.45) is 5.84 Å². The highest BCUT2D eigenvalue weighted by atomic mass is 32.1. The number of ether oxygens (including phenoxy) is 1. The van der Waals surface area contributed by atoms with Crippen LogP contribution in [0.15, 0.2) is 0 Å². The van der Waals surface area contributed by atoms with Crippen LogP contribution in [0.3, 0.4) is 0 Å². The summed E-state index contributed by atoms with van der Waals surface area (Å²) >= 11 is 4.77. The van der Waals surface area contributed by atoms with E-state index in [1.54, 1.807) is 0 Å². The molecular formula is C8H17N3O2S. The molecule has 0 aliphatic rings. The van der Waals surface area contributed by atoms with E-state index in [1.165, 1.54) is 7.11 Å². The zero-order chi connectivity index (χ0) is 10.8. The lowest BCUT2D eigenvalue weighted by molar-refractivity contribution is -0.140. The first kappa shape index (κ1) is 13.1. The van der Waals surface area contributed by atoms with Gasteiger partial charge in [-0.15, -0.1) is 0 Å². The summed E-state index contributed by atoms with van der Waals surface area (Å²) in [5, 5.41) is 3.36. The maximum Gasteiger partial charge on any atom is 0.305 e. The summed E-state index contributed by atoms with van der Waals surface area (Å²) in [5.41, 5.74) is 2.33. The van der Waals surface area contributed by atoms with Gasteiger partial charge in [0, 0.05) is 13.0 Å². The van der Waals surface area contributed by atoms with Gasteiger partial charge in [0.2, 0.25) is 0 Å². The van der Waals surface area contributed by atoms with Crippen molar-refractivity contribution in [3.8, 4) is 0 Å². The summed E-state index contributed by atoms with van der Waals surface area (Å²) in [5.74, 6) is 4.90. The van der Waals surface area contributed by atoms with Crippen molar-refractivity contribution in [1.82, 2.24) is 10.7 Å². The van der Waals surface area contributed by atoms with Gasteiger partial charge in [0.1, 0.15) is 0 Å². The van der Waals surface area contributed by atoms with Crippen LogP contribution >= 0.6 is 12.2 Å². The van der Waals surface area contributed by atoms with Crippen molar-refractivity contribution in [3.05, 3.63) is 0 Å². The molecule has 0 radical (unpaired) electrons. The monoisotopic (exact) mass is 219 g/mol. The third-order valence-electron chi connectivity index (χ3n) is 1.70. The quantitative estimate of drug-likeness (QED) is 0.193. The molecule has 0 aromatic carbocycles. The molecule has 0 atom stereocenters. The number of esters is 1. The molecule has 0 fully saturated rings. The third kappa shape index (κ3) is 7.75. The first-order chi connectivity index (χ1) is 6.70. The number of carbonyl (C=O) groups excluding carboxylic acids is 1. The number of hydrogen-bond acceptors (Lipinski definition) is 4. The van der Waals surface area contributed by atoms with Crippen LogP contribution in [0.5, 0.6) is 0 Å². The average molecular weight is 219 g/mol. The van der Waals surface area contributed by atoms with Gasteiger partial charge in [-0.2, -0.15) is 0 Å². The second-order valence-electron chi connectivity index (χ2n) is 2.79. The lowest BCUT2D eigenvalue weighted by atomic mass is 10.2. The molecule has 0 aromatic heterocycles. The van der Waals surface area contributed by atoms with Crippen molar-refractivity contribution in [2.45, 2.75) is 25.7 Å². The van der Waals surface area contributed by atoms with E-state index in [0.717, 1.165) is 25.8 Å². The Labute approximate surface area is 89.3 Å². The van der Waals surface area contributed by atoms with Gasteiger partial charge >= 0.3 is 5.97 Å². The molecule has 5 nitrogen and oxygen atoms in total. The summed E-state index contributed by atoms with van der Waals surface area (Å²) < 4.78 is 4.51. The van der Waals surface area contributed by atoms with E-state index in [2.05, 4.69) is 15.5 Å². The Bertz CT molecular complexity index is 167. The number of thiocarbonyl (C=S) groups is 1. The van der Waals surface area contributed by atoms with Crippen LogP contribution in [0, 0.1) is 0 Å². The molecule has 0 aliphatic carbocycles. The fourth-order valence-electron chi connectivity index (χ4n) is 0.926. The van der Waals surface area contributed by atoms with Crippen molar-refractivity contribution in [2.75, 3.05) is 13.7 Å². The first-order valence-corrected chi connectivity index (χ1v) is 4.92. The Morgan fingerprint density at radius 3 is 2.71 bits per heavy atom. The Kier molecular flexibility index (Phi) is 8.16. The minimum atomic E-state index is -0.155. The Morgan fingerprint density at radius 1 is 1.43 bits per heavy atom. The predicted molar refractivity (Wildman–Crippen MR) is 58.4 cm³/mol. The molecule has 0 bridgehead atoms. The molecule has 0 rings (SSSR count). The van der Waals surface area contributed by atoms with E-state index < -0.39 is 0 Å². The zero-order valence-corrected chi connectivity index (χ0v) is 9.15. The molecule has 0 saturated heterocycles. The molecule has 0 aliphatic heterocycles. The second-order valence-corrected chi connectivity index (χ2v) is 3.20. The summed E-state index contributed by atoms with van der Waals surface area (Å²) in [6.07, 6.45) is 3.25. The van der Waals surface area contributed by atoms with E-state index in [0.29, 0.717) is 11.5 Å². The normalized spacial score (nSPS) is 9.29. The molecule has 82 valence electrons.